The molecule has 2 N–H and O–H groups in total. The van der Waals surface area contributed by atoms with Gasteiger partial charge < -0.3 is 19.7 Å². The average molecular weight is 302 g/mol. The van der Waals surface area contributed by atoms with E-state index in [4.69, 9.17) is 19.7 Å². The summed E-state index contributed by atoms with van der Waals surface area (Å²) in [6.45, 7) is 1.13. The summed E-state index contributed by atoms with van der Waals surface area (Å²) in [5.41, 5.74) is 0.953. The van der Waals surface area contributed by atoms with Gasteiger partial charge in [0.1, 0.15) is 25.8 Å². The van der Waals surface area contributed by atoms with E-state index in [0.717, 1.165) is 6.29 Å². The van der Waals surface area contributed by atoms with Gasteiger partial charge in [-0.2, -0.15) is 0 Å². The number of hydrogen-bond donors (Lipinski definition) is 2. The predicted molar refractivity (Wildman–Crippen MR) is 78.0 cm³/mol. The molecule has 0 fully saturated rings. The molecule has 0 unspecified atom stereocenters. The maximum Gasteiger partial charge on any atom is 0.162 e. The van der Waals surface area contributed by atoms with Gasteiger partial charge in [-0.05, 0) is 36.4 Å². The molecular formula is C16H14O6. The summed E-state index contributed by atoms with van der Waals surface area (Å²) in [6, 6.07) is 9.02. The number of carbonyl (C=O) groups is 2. The van der Waals surface area contributed by atoms with Gasteiger partial charge in [0, 0.05) is 11.1 Å². The lowest BCUT2D eigenvalue weighted by molar-refractivity contribution is 0.111. The van der Waals surface area contributed by atoms with E-state index in [9.17, 15) is 9.59 Å². The Hall–Kier alpha value is -3.02. The molecule has 0 atom stereocenters. The molecule has 114 valence electrons. The normalized spacial score (nSPS) is 11.8. The van der Waals surface area contributed by atoms with Crippen LogP contribution < -0.4 is 9.47 Å². The van der Waals surface area contributed by atoms with Crippen LogP contribution >= 0.6 is 0 Å². The van der Waals surface area contributed by atoms with E-state index in [1.807, 2.05) is 0 Å². The zero-order chi connectivity index (χ0) is 15.9. The van der Waals surface area contributed by atoms with Crippen LogP contribution in [0.25, 0.3) is 0 Å². The Labute approximate surface area is 126 Å². The van der Waals surface area contributed by atoms with Crippen LogP contribution in [0.2, 0.25) is 0 Å². The number of hydrogen-bond acceptors (Lipinski definition) is 6. The standard InChI is InChI=1S/C9H8O3.C7H6O3/c10-6-7-1-2-8-9(5-7)12-4-3-11-8;8-4-5-1-2-6(9)7(10)3-5/h1-2,5-6H,3-4H2;1-4,9-10H. The number of carbonyl (C=O) groups excluding carboxylic acids is 2. The monoisotopic (exact) mass is 302 g/mol. The van der Waals surface area contributed by atoms with Gasteiger partial charge in [-0.1, -0.05) is 0 Å². The maximum atomic E-state index is 10.4. The zero-order valence-electron chi connectivity index (χ0n) is 11.6. The molecule has 0 saturated heterocycles. The van der Waals surface area contributed by atoms with E-state index >= 15 is 0 Å². The molecule has 2 aromatic carbocycles. The quantitative estimate of drug-likeness (QED) is 0.652. The van der Waals surface area contributed by atoms with Crippen molar-refractivity contribution in [1.29, 1.82) is 0 Å². The fourth-order valence-corrected chi connectivity index (χ4v) is 1.75. The minimum atomic E-state index is -0.274. The third-order valence-electron chi connectivity index (χ3n) is 2.84. The van der Waals surface area contributed by atoms with Crippen molar-refractivity contribution in [2.75, 3.05) is 13.2 Å². The molecule has 6 heteroatoms. The topological polar surface area (TPSA) is 93.1 Å². The highest BCUT2D eigenvalue weighted by molar-refractivity contribution is 5.76. The summed E-state index contributed by atoms with van der Waals surface area (Å²) < 4.78 is 10.6. The van der Waals surface area contributed by atoms with Crippen molar-refractivity contribution < 1.29 is 29.3 Å². The van der Waals surface area contributed by atoms with Gasteiger partial charge in [0.25, 0.3) is 0 Å². The SMILES string of the molecule is O=Cc1ccc(O)c(O)c1.O=Cc1ccc2c(c1)OCCO2. The molecule has 0 aromatic heterocycles. The molecule has 22 heavy (non-hydrogen) atoms. The minimum Gasteiger partial charge on any atom is -0.504 e. The van der Waals surface area contributed by atoms with E-state index in [1.165, 1.54) is 18.2 Å². The molecule has 6 nitrogen and oxygen atoms in total. The zero-order valence-corrected chi connectivity index (χ0v) is 11.6. The molecule has 0 bridgehead atoms. The second-order valence-corrected chi connectivity index (χ2v) is 4.39. The van der Waals surface area contributed by atoms with E-state index in [1.54, 1.807) is 18.2 Å². The lowest BCUT2D eigenvalue weighted by Gasteiger charge is -2.17. The van der Waals surface area contributed by atoms with Crippen LogP contribution in [-0.4, -0.2) is 36.0 Å². The Kier molecular flexibility index (Phi) is 4.98. The van der Waals surface area contributed by atoms with Gasteiger partial charge in [-0.3, -0.25) is 9.59 Å². The van der Waals surface area contributed by atoms with Crippen molar-refractivity contribution in [3.8, 4) is 23.0 Å². The number of ether oxygens (including phenoxy) is 2. The van der Waals surface area contributed by atoms with Crippen molar-refractivity contribution in [1.82, 2.24) is 0 Å². The average Bonchev–Trinajstić information content (AvgIpc) is 2.57. The second-order valence-electron chi connectivity index (χ2n) is 4.39. The summed E-state index contributed by atoms with van der Waals surface area (Å²) >= 11 is 0. The number of phenolic OH excluding ortho intramolecular Hbond substituents is 2. The highest BCUT2D eigenvalue weighted by Crippen LogP contribution is 2.30. The largest absolute Gasteiger partial charge is 0.504 e. The third kappa shape index (κ3) is 3.76. The molecule has 0 aliphatic carbocycles. The summed E-state index contributed by atoms with van der Waals surface area (Å²) in [5.74, 6) is 0.882. The Bertz CT molecular complexity index is 680. The van der Waals surface area contributed by atoms with Crippen molar-refractivity contribution in [2.24, 2.45) is 0 Å². The number of rotatable bonds is 2. The van der Waals surface area contributed by atoms with Crippen LogP contribution in [0.5, 0.6) is 23.0 Å². The lowest BCUT2D eigenvalue weighted by Crippen LogP contribution is -2.15. The molecule has 2 aromatic rings. The van der Waals surface area contributed by atoms with Crippen molar-refractivity contribution in [2.45, 2.75) is 0 Å². The lowest BCUT2D eigenvalue weighted by atomic mass is 10.2. The maximum absolute atomic E-state index is 10.4. The molecule has 0 saturated carbocycles. The molecule has 1 aliphatic heterocycles. The first kappa shape index (κ1) is 15.4. The Balaban J connectivity index is 0.000000164. The van der Waals surface area contributed by atoms with Crippen LogP contribution in [0.3, 0.4) is 0 Å². The van der Waals surface area contributed by atoms with E-state index in [2.05, 4.69) is 0 Å². The minimum absolute atomic E-state index is 0.217. The first-order valence-electron chi connectivity index (χ1n) is 6.46. The number of aldehydes is 2. The number of phenols is 2. The summed E-state index contributed by atoms with van der Waals surface area (Å²) in [5, 5.41) is 17.6. The number of aromatic hydroxyl groups is 2. The van der Waals surface area contributed by atoms with Crippen molar-refractivity contribution >= 4 is 12.6 Å². The van der Waals surface area contributed by atoms with Crippen molar-refractivity contribution in [3.05, 3.63) is 47.5 Å². The van der Waals surface area contributed by atoms with Gasteiger partial charge in [-0.25, -0.2) is 0 Å². The number of fused-ring (bicyclic) bond motifs is 1. The Morgan fingerprint density at radius 3 is 2.00 bits per heavy atom. The molecular weight excluding hydrogens is 288 g/mol. The Morgan fingerprint density at radius 2 is 1.36 bits per heavy atom. The van der Waals surface area contributed by atoms with E-state index in [0.29, 0.717) is 42.1 Å². The fraction of sp³-hybridized carbons (Fsp3) is 0.125. The molecule has 0 radical (unpaired) electrons. The van der Waals surface area contributed by atoms with Crippen LogP contribution in [-0.2, 0) is 0 Å². The van der Waals surface area contributed by atoms with E-state index < -0.39 is 0 Å². The predicted octanol–water partition coefficient (Wildman–Crippen LogP) is 2.18. The third-order valence-corrected chi connectivity index (χ3v) is 2.84. The van der Waals surface area contributed by atoms with Crippen LogP contribution in [0.15, 0.2) is 36.4 Å². The van der Waals surface area contributed by atoms with Crippen LogP contribution in [0.4, 0.5) is 0 Å². The molecule has 0 amide bonds. The smallest absolute Gasteiger partial charge is 0.162 e. The van der Waals surface area contributed by atoms with Crippen LogP contribution in [0, 0.1) is 0 Å². The molecule has 0 spiro atoms. The first-order chi connectivity index (χ1) is 10.6. The number of benzene rings is 2. The van der Waals surface area contributed by atoms with Gasteiger partial charge in [0.2, 0.25) is 0 Å². The molecule has 1 aliphatic rings. The molecule has 1 heterocycles. The highest BCUT2D eigenvalue weighted by atomic mass is 16.6. The van der Waals surface area contributed by atoms with Crippen LogP contribution in [0.1, 0.15) is 20.7 Å². The second kappa shape index (κ2) is 7.12. The van der Waals surface area contributed by atoms with Crippen molar-refractivity contribution in [3.63, 3.8) is 0 Å². The Morgan fingerprint density at radius 1 is 0.773 bits per heavy atom. The highest BCUT2D eigenvalue weighted by Gasteiger charge is 2.10. The summed E-state index contributed by atoms with van der Waals surface area (Å²) in [6.07, 6.45) is 1.39. The first-order valence-corrected chi connectivity index (χ1v) is 6.46. The van der Waals surface area contributed by atoms with Gasteiger partial charge in [0.15, 0.2) is 23.0 Å². The summed E-state index contributed by atoms with van der Waals surface area (Å²) in [4.78, 5) is 20.5. The van der Waals surface area contributed by atoms with E-state index in [-0.39, 0.29) is 11.5 Å². The fourth-order valence-electron chi connectivity index (χ4n) is 1.75. The van der Waals surface area contributed by atoms with Gasteiger partial charge in [-0.15, -0.1) is 0 Å². The molecule has 3 rings (SSSR count). The van der Waals surface area contributed by atoms with Gasteiger partial charge >= 0.3 is 0 Å². The summed E-state index contributed by atoms with van der Waals surface area (Å²) in [7, 11) is 0. The van der Waals surface area contributed by atoms with Gasteiger partial charge in [0.05, 0.1) is 0 Å².